The maximum Gasteiger partial charge on any atom is 0.193 e. The molecule has 0 N–H and O–H groups in total. The third kappa shape index (κ3) is 10.8. The van der Waals surface area contributed by atoms with Gasteiger partial charge in [-0.25, -0.2) is 0 Å². The molecular formula is C66H46O5. The summed E-state index contributed by atoms with van der Waals surface area (Å²) >= 11 is 0. The number of carbonyl (C=O) groups excluding carboxylic acids is 5. The first-order valence-electron chi connectivity index (χ1n) is 23.2. The molecule has 0 aliphatic rings. The SMILES string of the molecule is C=C(/C=C(\C=C(/C)c1cccc(C(=O)c2ccccc2)c1)c1cccc(C(=O)c2ccccc2)c1)C(=O)c1cc(-c2cccc(C(=O)c3ccccc3)c2)cc(-c2cccc(C(=O)c3ccccc3)c2)c1. The Morgan fingerprint density at radius 1 is 0.296 bits per heavy atom. The Labute approximate surface area is 413 Å². The molecular weight excluding hydrogens is 873 g/mol. The van der Waals surface area contributed by atoms with E-state index in [0.717, 1.165) is 11.1 Å². The summed E-state index contributed by atoms with van der Waals surface area (Å²) in [5.41, 5.74) is 10.4. The summed E-state index contributed by atoms with van der Waals surface area (Å²) in [6, 6.07) is 71.2. The second kappa shape index (κ2) is 21.2. The van der Waals surface area contributed by atoms with Gasteiger partial charge in [0, 0.05) is 55.6 Å². The molecule has 0 spiro atoms. The Morgan fingerprint density at radius 3 is 1.01 bits per heavy atom. The van der Waals surface area contributed by atoms with Gasteiger partial charge < -0.3 is 0 Å². The highest BCUT2D eigenvalue weighted by molar-refractivity contribution is 6.14. The Hall–Kier alpha value is -9.45. The summed E-state index contributed by atoms with van der Waals surface area (Å²) in [5.74, 6) is -0.886. The van der Waals surface area contributed by atoms with Crippen molar-refractivity contribution in [1.82, 2.24) is 0 Å². The predicted molar refractivity (Wildman–Crippen MR) is 285 cm³/mol. The Bertz CT molecular complexity index is 3450. The van der Waals surface area contributed by atoms with E-state index < -0.39 is 0 Å². The highest BCUT2D eigenvalue weighted by atomic mass is 16.1. The molecule has 9 aromatic carbocycles. The minimum absolute atomic E-state index is 0.104. The predicted octanol–water partition coefficient (Wildman–Crippen LogP) is 14.9. The molecule has 0 amide bonds. The maximum atomic E-state index is 15.0. The van der Waals surface area contributed by atoms with Crippen LogP contribution in [0.2, 0.25) is 0 Å². The zero-order chi connectivity index (χ0) is 49.3. The van der Waals surface area contributed by atoms with Crippen molar-refractivity contribution in [2.75, 3.05) is 0 Å². The van der Waals surface area contributed by atoms with Gasteiger partial charge in [0.25, 0.3) is 0 Å². The van der Waals surface area contributed by atoms with Crippen LogP contribution in [0.5, 0.6) is 0 Å². The second-order valence-corrected chi connectivity index (χ2v) is 17.2. The minimum atomic E-state index is -0.364. The topological polar surface area (TPSA) is 85.3 Å². The number of Topliss-reactive ketones (excluding diaryl/α,β-unsaturated/α-hetero) is 1. The van der Waals surface area contributed by atoms with Gasteiger partial charge in [-0.15, -0.1) is 0 Å². The molecule has 0 atom stereocenters. The van der Waals surface area contributed by atoms with Crippen LogP contribution in [0.4, 0.5) is 0 Å². The fourth-order valence-electron chi connectivity index (χ4n) is 8.51. The van der Waals surface area contributed by atoms with E-state index in [2.05, 4.69) is 6.58 Å². The number of ketones is 5. The Balaban J connectivity index is 1.14. The van der Waals surface area contributed by atoms with Crippen molar-refractivity contribution in [3.8, 4) is 22.3 Å². The lowest BCUT2D eigenvalue weighted by molar-refractivity contribution is 0.103. The van der Waals surface area contributed by atoms with E-state index in [9.17, 15) is 19.2 Å². The molecule has 9 aromatic rings. The molecule has 0 saturated carbocycles. The molecule has 0 radical (unpaired) electrons. The smallest absolute Gasteiger partial charge is 0.193 e. The van der Waals surface area contributed by atoms with Crippen LogP contribution in [-0.2, 0) is 0 Å². The lowest BCUT2D eigenvalue weighted by Gasteiger charge is -2.13. The van der Waals surface area contributed by atoms with Crippen LogP contribution < -0.4 is 0 Å². The van der Waals surface area contributed by atoms with Crippen molar-refractivity contribution in [3.05, 3.63) is 322 Å². The van der Waals surface area contributed by atoms with Crippen molar-refractivity contribution >= 4 is 40.1 Å². The monoisotopic (exact) mass is 918 g/mol. The fraction of sp³-hybridized carbons (Fsp3) is 0.0152. The third-order valence-electron chi connectivity index (χ3n) is 12.3. The molecule has 0 unspecified atom stereocenters. The molecule has 0 bridgehead atoms. The largest absolute Gasteiger partial charge is 0.289 e. The summed E-state index contributed by atoms with van der Waals surface area (Å²) in [6.07, 6.45) is 3.66. The molecule has 0 aromatic heterocycles. The molecule has 0 aliphatic carbocycles. The zero-order valence-corrected chi connectivity index (χ0v) is 38.9. The molecule has 340 valence electrons. The number of benzene rings is 9. The summed E-state index contributed by atoms with van der Waals surface area (Å²) < 4.78 is 0. The Morgan fingerprint density at radius 2 is 0.606 bits per heavy atom. The lowest BCUT2D eigenvalue weighted by atomic mass is 9.90. The van der Waals surface area contributed by atoms with Crippen LogP contribution in [0.25, 0.3) is 33.4 Å². The quantitative estimate of drug-likeness (QED) is 0.0547. The third-order valence-corrected chi connectivity index (χ3v) is 12.3. The fourth-order valence-corrected chi connectivity index (χ4v) is 8.51. The first-order valence-corrected chi connectivity index (χ1v) is 23.2. The maximum absolute atomic E-state index is 15.0. The van der Waals surface area contributed by atoms with Gasteiger partial charge in [0.1, 0.15) is 0 Å². The average molecular weight is 919 g/mol. The molecule has 0 heterocycles. The van der Waals surface area contributed by atoms with Gasteiger partial charge in [-0.05, 0) is 100.0 Å². The normalized spacial score (nSPS) is 11.4. The van der Waals surface area contributed by atoms with E-state index >= 15 is 4.79 Å². The second-order valence-electron chi connectivity index (χ2n) is 17.2. The van der Waals surface area contributed by atoms with Crippen LogP contribution in [0.1, 0.15) is 92.1 Å². The summed E-state index contributed by atoms with van der Waals surface area (Å²) in [7, 11) is 0. The van der Waals surface area contributed by atoms with Crippen molar-refractivity contribution in [2.24, 2.45) is 0 Å². The van der Waals surface area contributed by atoms with Crippen LogP contribution in [-0.4, -0.2) is 28.9 Å². The van der Waals surface area contributed by atoms with Gasteiger partial charge in [0.2, 0.25) is 0 Å². The minimum Gasteiger partial charge on any atom is -0.289 e. The summed E-state index contributed by atoms with van der Waals surface area (Å²) in [5, 5.41) is 0. The molecule has 5 heteroatoms. The van der Waals surface area contributed by atoms with E-state index in [1.54, 1.807) is 91.0 Å². The number of rotatable bonds is 16. The summed E-state index contributed by atoms with van der Waals surface area (Å²) in [4.78, 5) is 69.7. The van der Waals surface area contributed by atoms with Crippen molar-refractivity contribution in [2.45, 2.75) is 6.92 Å². The average Bonchev–Trinajstić information content (AvgIpc) is 3.44. The van der Waals surface area contributed by atoms with Crippen LogP contribution in [0.3, 0.4) is 0 Å². The molecule has 5 nitrogen and oxygen atoms in total. The molecule has 0 fully saturated rings. The van der Waals surface area contributed by atoms with E-state index in [1.165, 1.54) is 0 Å². The van der Waals surface area contributed by atoms with Crippen LogP contribution in [0.15, 0.2) is 261 Å². The number of allylic oxidation sites excluding steroid dienone is 5. The van der Waals surface area contributed by atoms with Crippen molar-refractivity contribution in [1.29, 1.82) is 0 Å². The summed E-state index contributed by atoms with van der Waals surface area (Å²) in [6.45, 7) is 6.28. The van der Waals surface area contributed by atoms with Crippen molar-refractivity contribution in [3.63, 3.8) is 0 Å². The van der Waals surface area contributed by atoms with E-state index in [0.29, 0.717) is 83.5 Å². The van der Waals surface area contributed by atoms with Gasteiger partial charge in [-0.1, -0.05) is 207 Å². The van der Waals surface area contributed by atoms with E-state index in [4.69, 9.17) is 0 Å². The standard InChI is InChI=1S/C66H46O5/c1-44(50-27-15-31-54(37-50)63(68)46-19-7-3-8-20-46)35-58(51-28-16-32-55(38-51)64(69)47-21-9-4-10-22-47)36-45(2)62(67)61-42-59(52-29-17-33-56(39-52)65(70)48-23-11-5-12-24-48)41-60(43-61)53-30-18-34-57(40-53)66(71)49-25-13-6-14-26-49/h3-43H,2H2,1H3/b44-35+,58-36+. The van der Waals surface area contributed by atoms with Gasteiger partial charge >= 0.3 is 0 Å². The number of hydrogen-bond donors (Lipinski definition) is 0. The number of carbonyl (C=O) groups is 5. The molecule has 9 rings (SSSR count). The Kier molecular flexibility index (Phi) is 14.0. The first kappa shape index (κ1) is 46.7. The van der Waals surface area contributed by atoms with Gasteiger partial charge in [0.05, 0.1) is 0 Å². The molecule has 0 saturated heterocycles. The lowest BCUT2D eigenvalue weighted by Crippen LogP contribution is -2.04. The van der Waals surface area contributed by atoms with E-state index in [-0.39, 0.29) is 34.5 Å². The first-order chi connectivity index (χ1) is 34.6. The van der Waals surface area contributed by atoms with Crippen molar-refractivity contribution < 1.29 is 24.0 Å². The van der Waals surface area contributed by atoms with Gasteiger partial charge in [-0.3, -0.25) is 24.0 Å². The molecule has 71 heavy (non-hydrogen) atoms. The highest BCUT2D eigenvalue weighted by Crippen LogP contribution is 2.33. The van der Waals surface area contributed by atoms with Crippen LogP contribution in [0, 0.1) is 0 Å². The number of hydrogen-bond acceptors (Lipinski definition) is 5. The van der Waals surface area contributed by atoms with E-state index in [1.807, 2.05) is 165 Å². The molecule has 0 aliphatic heterocycles. The van der Waals surface area contributed by atoms with Crippen LogP contribution >= 0.6 is 0 Å². The zero-order valence-electron chi connectivity index (χ0n) is 38.9. The highest BCUT2D eigenvalue weighted by Gasteiger charge is 2.19. The van der Waals surface area contributed by atoms with Gasteiger partial charge in [-0.2, -0.15) is 0 Å². The van der Waals surface area contributed by atoms with Gasteiger partial charge in [0.15, 0.2) is 28.9 Å².